The maximum atomic E-state index is 12.6. The fraction of sp³-hybridized carbons (Fsp3) is 0.118. The zero-order chi connectivity index (χ0) is 18.0. The van der Waals surface area contributed by atoms with E-state index in [1.54, 1.807) is 31.6 Å². The molecule has 3 aromatic rings. The van der Waals surface area contributed by atoms with Crippen LogP contribution in [0.15, 0.2) is 70.6 Å². The zero-order valence-corrected chi connectivity index (χ0v) is 16.4. The van der Waals surface area contributed by atoms with Crippen LogP contribution in [0.2, 0.25) is 5.02 Å². The Morgan fingerprint density at radius 1 is 1.20 bits per heavy atom. The number of sulfonamides is 1. The lowest BCUT2D eigenvalue weighted by atomic mass is 10.1. The van der Waals surface area contributed by atoms with Crippen molar-refractivity contribution in [1.82, 2.24) is 14.3 Å². The van der Waals surface area contributed by atoms with Gasteiger partial charge in [0, 0.05) is 28.6 Å². The van der Waals surface area contributed by atoms with E-state index in [2.05, 4.69) is 25.6 Å². The molecule has 0 radical (unpaired) electrons. The highest BCUT2D eigenvalue weighted by Crippen LogP contribution is 2.26. The molecule has 0 spiro atoms. The van der Waals surface area contributed by atoms with E-state index in [1.165, 1.54) is 6.07 Å². The molecular weight excluding hydrogens is 426 g/mol. The maximum absolute atomic E-state index is 12.6. The lowest BCUT2D eigenvalue weighted by Gasteiger charge is -2.16. The summed E-state index contributed by atoms with van der Waals surface area (Å²) < 4.78 is 30.4. The van der Waals surface area contributed by atoms with E-state index < -0.39 is 16.1 Å². The number of benzene rings is 2. The summed E-state index contributed by atoms with van der Waals surface area (Å²) in [6.45, 7) is 1.79. The molecule has 8 heteroatoms. The maximum Gasteiger partial charge on any atom is 0.242 e. The second-order valence-corrected chi connectivity index (χ2v) is 8.48. The molecule has 1 heterocycles. The SMILES string of the molecule is C[C@H](NS(=O)(=O)c1ccc(Br)cc1Cl)c1ccc(-n2ccnc2)cc1. The lowest BCUT2D eigenvalue weighted by Crippen LogP contribution is -2.27. The number of nitrogens with one attached hydrogen (secondary N) is 1. The summed E-state index contributed by atoms with van der Waals surface area (Å²) >= 11 is 9.33. The molecule has 0 saturated carbocycles. The first-order valence-electron chi connectivity index (χ1n) is 7.42. The van der Waals surface area contributed by atoms with Crippen LogP contribution in [0.3, 0.4) is 0 Å². The normalized spacial score (nSPS) is 12.9. The molecule has 0 aliphatic carbocycles. The fourth-order valence-electron chi connectivity index (χ4n) is 2.40. The second-order valence-electron chi connectivity index (χ2n) is 5.48. The van der Waals surface area contributed by atoms with Gasteiger partial charge < -0.3 is 4.57 Å². The average Bonchev–Trinajstić information content (AvgIpc) is 3.08. The summed E-state index contributed by atoms with van der Waals surface area (Å²) in [5.74, 6) is 0. The molecule has 1 atom stereocenters. The Kier molecular flexibility index (Phi) is 5.29. The monoisotopic (exact) mass is 439 g/mol. The molecule has 0 amide bonds. The number of imidazole rings is 1. The lowest BCUT2D eigenvalue weighted by molar-refractivity contribution is 0.567. The summed E-state index contributed by atoms with van der Waals surface area (Å²) in [6, 6.07) is 11.9. The molecule has 3 rings (SSSR count). The molecule has 0 unspecified atom stereocenters. The molecule has 2 aromatic carbocycles. The Hall–Kier alpha value is -1.67. The molecule has 0 aliphatic heterocycles. The van der Waals surface area contributed by atoms with Gasteiger partial charge in [-0.3, -0.25) is 0 Å². The van der Waals surface area contributed by atoms with Crippen molar-refractivity contribution in [1.29, 1.82) is 0 Å². The highest BCUT2D eigenvalue weighted by Gasteiger charge is 2.21. The second kappa shape index (κ2) is 7.29. The molecule has 5 nitrogen and oxygen atoms in total. The van der Waals surface area contributed by atoms with Crippen LogP contribution in [-0.2, 0) is 10.0 Å². The third kappa shape index (κ3) is 4.12. The highest BCUT2D eigenvalue weighted by atomic mass is 79.9. The summed E-state index contributed by atoms with van der Waals surface area (Å²) in [5.41, 5.74) is 1.80. The van der Waals surface area contributed by atoms with E-state index in [0.29, 0.717) is 0 Å². The minimum Gasteiger partial charge on any atom is -0.306 e. The predicted molar refractivity (Wildman–Crippen MR) is 101 cm³/mol. The Bertz CT molecular complexity index is 974. The van der Waals surface area contributed by atoms with Crippen molar-refractivity contribution in [2.75, 3.05) is 0 Å². The molecule has 25 heavy (non-hydrogen) atoms. The third-order valence-electron chi connectivity index (χ3n) is 3.71. The van der Waals surface area contributed by atoms with Gasteiger partial charge in [0.15, 0.2) is 0 Å². The first kappa shape index (κ1) is 18.1. The van der Waals surface area contributed by atoms with E-state index in [-0.39, 0.29) is 9.92 Å². The molecule has 0 fully saturated rings. The fourth-order valence-corrected chi connectivity index (χ4v) is 4.67. The van der Waals surface area contributed by atoms with Crippen LogP contribution in [0, 0.1) is 0 Å². The van der Waals surface area contributed by atoms with Gasteiger partial charge >= 0.3 is 0 Å². The van der Waals surface area contributed by atoms with Gasteiger partial charge in [-0.05, 0) is 42.8 Å². The topological polar surface area (TPSA) is 64.0 Å². The average molecular weight is 441 g/mol. The number of hydrogen-bond donors (Lipinski definition) is 1. The molecule has 0 bridgehead atoms. The molecule has 1 aromatic heterocycles. The van der Waals surface area contributed by atoms with Crippen LogP contribution < -0.4 is 4.72 Å². The largest absolute Gasteiger partial charge is 0.306 e. The smallest absolute Gasteiger partial charge is 0.242 e. The predicted octanol–water partition coefficient (Wildman–Crippen LogP) is 4.33. The Morgan fingerprint density at radius 2 is 1.92 bits per heavy atom. The molecule has 0 saturated heterocycles. The summed E-state index contributed by atoms with van der Waals surface area (Å²) in [4.78, 5) is 4.06. The number of nitrogens with zero attached hydrogens (tertiary/aromatic N) is 2. The zero-order valence-electron chi connectivity index (χ0n) is 13.2. The first-order chi connectivity index (χ1) is 11.9. The Balaban J connectivity index is 1.80. The van der Waals surface area contributed by atoms with Crippen molar-refractivity contribution in [2.45, 2.75) is 17.9 Å². The molecule has 1 N–H and O–H groups in total. The Morgan fingerprint density at radius 3 is 2.52 bits per heavy atom. The summed E-state index contributed by atoms with van der Waals surface area (Å²) in [6.07, 6.45) is 5.25. The minimum absolute atomic E-state index is 0.0549. The van der Waals surface area contributed by atoms with Crippen LogP contribution in [0.25, 0.3) is 5.69 Å². The van der Waals surface area contributed by atoms with Gasteiger partial charge in [0.1, 0.15) is 4.90 Å². The first-order valence-corrected chi connectivity index (χ1v) is 10.1. The van der Waals surface area contributed by atoms with Crippen LogP contribution >= 0.6 is 27.5 Å². The van der Waals surface area contributed by atoms with Gasteiger partial charge in [-0.25, -0.2) is 18.1 Å². The molecule has 130 valence electrons. The van der Waals surface area contributed by atoms with E-state index in [0.717, 1.165) is 15.7 Å². The van der Waals surface area contributed by atoms with E-state index >= 15 is 0 Å². The van der Waals surface area contributed by atoms with Crippen molar-refractivity contribution >= 4 is 37.6 Å². The van der Waals surface area contributed by atoms with E-state index in [4.69, 9.17) is 11.6 Å². The van der Waals surface area contributed by atoms with Crippen molar-refractivity contribution in [3.63, 3.8) is 0 Å². The van der Waals surface area contributed by atoms with Gasteiger partial charge in [-0.1, -0.05) is 39.7 Å². The molecule has 0 aliphatic rings. The third-order valence-corrected chi connectivity index (χ3v) is 6.23. The highest BCUT2D eigenvalue weighted by molar-refractivity contribution is 9.10. The van der Waals surface area contributed by atoms with Gasteiger partial charge in [-0.2, -0.15) is 0 Å². The van der Waals surface area contributed by atoms with Crippen LogP contribution in [0.4, 0.5) is 0 Å². The van der Waals surface area contributed by atoms with Crippen LogP contribution in [0.1, 0.15) is 18.5 Å². The van der Waals surface area contributed by atoms with Crippen molar-refractivity contribution < 1.29 is 8.42 Å². The Labute approximate surface area is 159 Å². The molecular formula is C17H15BrClN3O2S. The van der Waals surface area contributed by atoms with Crippen LogP contribution in [-0.4, -0.2) is 18.0 Å². The van der Waals surface area contributed by atoms with Crippen molar-refractivity contribution in [3.8, 4) is 5.69 Å². The number of aromatic nitrogens is 2. The van der Waals surface area contributed by atoms with E-state index in [1.807, 2.05) is 35.0 Å². The quantitative estimate of drug-likeness (QED) is 0.642. The van der Waals surface area contributed by atoms with Gasteiger partial charge in [0.2, 0.25) is 10.0 Å². The van der Waals surface area contributed by atoms with Gasteiger partial charge in [0.25, 0.3) is 0 Å². The summed E-state index contributed by atoms with van der Waals surface area (Å²) in [7, 11) is -3.73. The van der Waals surface area contributed by atoms with Crippen molar-refractivity contribution in [3.05, 3.63) is 76.2 Å². The minimum atomic E-state index is -3.73. The number of hydrogen-bond acceptors (Lipinski definition) is 3. The van der Waals surface area contributed by atoms with Crippen LogP contribution in [0.5, 0.6) is 0 Å². The van der Waals surface area contributed by atoms with Gasteiger partial charge in [-0.15, -0.1) is 0 Å². The van der Waals surface area contributed by atoms with Crippen molar-refractivity contribution in [2.24, 2.45) is 0 Å². The number of halogens is 2. The summed E-state index contributed by atoms with van der Waals surface area (Å²) in [5, 5.41) is 0.171. The standard InChI is InChI=1S/C17H15BrClN3O2S/c1-12(13-2-5-15(6-3-13)22-9-8-20-11-22)21-25(23,24)17-7-4-14(18)10-16(17)19/h2-12,21H,1H3/t12-/m0/s1. The van der Waals surface area contributed by atoms with Gasteiger partial charge in [0.05, 0.1) is 11.3 Å². The van der Waals surface area contributed by atoms with E-state index in [9.17, 15) is 8.42 Å². The number of rotatable bonds is 5.